The van der Waals surface area contributed by atoms with Crippen LogP contribution >= 0.6 is 7.82 Å². The Labute approximate surface area is 259 Å². The predicted octanol–water partition coefficient (Wildman–Crippen LogP) is 4.93. The highest BCUT2D eigenvalue weighted by atomic mass is 31.2. The topological polar surface area (TPSA) is 183 Å². The number of aliphatic hydroxyl groups is 1. The van der Waals surface area contributed by atoms with Gasteiger partial charge in [0.25, 0.3) is 13.7 Å². The fourth-order valence-electron chi connectivity index (χ4n) is 3.82. The van der Waals surface area contributed by atoms with Crippen molar-refractivity contribution in [2.75, 3.05) is 54.1 Å². The lowest BCUT2D eigenvalue weighted by Crippen LogP contribution is -2.37. The summed E-state index contributed by atoms with van der Waals surface area (Å²) in [4.78, 5) is 37.7. The average Bonchev–Trinajstić information content (AvgIpc) is 2.96. The molecule has 45 heavy (non-hydrogen) atoms. The quantitative estimate of drug-likeness (QED) is 0.0189. The SMILES string of the molecule is C[N+](C)(C)CCOP(=O)([O-])OCC(O)COC(=O)CCCCCCCCCCCNC(=O)c1c(F)c(F)c(N=[N+]=[N-])c(F)c1F. The van der Waals surface area contributed by atoms with Gasteiger partial charge in [-0.2, -0.15) is 0 Å². The van der Waals surface area contributed by atoms with Crippen molar-refractivity contribution in [2.45, 2.75) is 70.3 Å². The molecule has 0 heterocycles. The van der Waals surface area contributed by atoms with Crippen LogP contribution in [0.5, 0.6) is 0 Å². The summed E-state index contributed by atoms with van der Waals surface area (Å²) in [6.07, 6.45) is 5.83. The van der Waals surface area contributed by atoms with Crippen LogP contribution in [0.4, 0.5) is 23.2 Å². The van der Waals surface area contributed by atoms with Crippen molar-refractivity contribution >= 4 is 25.4 Å². The Morgan fingerprint density at radius 3 is 2.00 bits per heavy atom. The van der Waals surface area contributed by atoms with E-state index >= 15 is 0 Å². The van der Waals surface area contributed by atoms with Gasteiger partial charge in [-0.15, -0.1) is 0 Å². The highest BCUT2D eigenvalue weighted by molar-refractivity contribution is 7.45. The van der Waals surface area contributed by atoms with Gasteiger partial charge < -0.3 is 33.6 Å². The maximum absolute atomic E-state index is 14.0. The second-order valence-electron chi connectivity index (χ2n) is 11.3. The number of halogens is 4. The maximum Gasteiger partial charge on any atom is 0.305 e. The van der Waals surface area contributed by atoms with Gasteiger partial charge in [0.15, 0.2) is 23.3 Å². The second kappa shape index (κ2) is 20.4. The first kappa shape index (κ1) is 40.2. The fourth-order valence-corrected chi connectivity index (χ4v) is 4.56. The minimum Gasteiger partial charge on any atom is -0.756 e. The molecule has 0 radical (unpaired) electrons. The average molecular weight is 672 g/mol. The number of esters is 1. The van der Waals surface area contributed by atoms with E-state index in [0.29, 0.717) is 30.3 Å². The Kier molecular flexibility index (Phi) is 18.2. The van der Waals surface area contributed by atoms with Crippen LogP contribution in [0.25, 0.3) is 10.4 Å². The Bertz CT molecular complexity index is 1190. The van der Waals surface area contributed by atoms with Crippen LogP contribution in [0, 0.1) is 23.3 Å². The molecule has 1 aromatic rings. The number of phosphoric acid groups is 1. The van der Waals surface area contributed by atoms with Crippen LogP contribution in [0.2, 0.25) is 0 Å². The van der Waals surface area contributed by atoms with E-state index in [1.54, 1.807) is 0 Å². The molecule has 0 fully saturated rings. The van der Waals surface area contributed by atoms with E-state index in [9.17, 15) is 41.7 Å². The lowest BCUT2D eigenvalue weighted by atomic mass is 10.1. The largest absolute Gasteiger partial charge is 0.756 e. The van der Waals surface area contributed by atoms with Crippen LogP contribution in [-0.4, -0.2) is 81.6 Å². The van der Waals surface area contributed by atoms with Crippen molar-refractivity contribution in [2.24, 2.45) is 5.11 Å². The molecule has 2 unspecified atom stereocenters. The standard InChI is InChI=1S/C27H42F4N5O8P/c1-36(2,3)15-16-43-45(40,41)44-18-19(37)17-42-20(38)13-11-9-7-5-4-6-8-10-12-14-33-27(39)21-22(28)24(30)26(34-35-32)25(31)23(21)29/h19,37H,4-18H2,1-3H3,(H-,33,39,40,41). The first-order valence-electron chi connectivity index (χ1n) is 14.5. The van der Waals surface area contributed by atoms with Gasteiger partial charge in [0.1, 0.15) is 37.1 Å². The Morgan fingerprint density at radius 2 is 1.47 bits per heavy atom. The number of ether oxygens (including phenoxy) is 1. The number of unbranched alkanes of at least 4 members (excludes halogenated alkanes) is 8. The van der Waals surface area contributed by atoms with Gasteiger partial charge in [0, 0.05) is 17.9 Å². The number of amides is 1. The Morgan fingerprint density at radius 1 is 0.933 bits per heavy atom. The van der Waals surface area contributed by atoms with Gasteiger partial charge in [-0.05, 0) is 18.4 Å². The zero-order valence-corrected chi connectivity index (χ0v) is 26.6. The number of nitrogens with zero attached hydrogens (tertiary/aromatic N) is 4. The molecule has 1 amide bonds. The molecule has 18 heteroatoms. The van der Waals surface area contributed by atoms with Gasteiger partial charge in [0.2, 0.25) is 0 Å². The van der Waals surface area contributed by atoms with Crippen molar-refractivity contribution in [3.05, 3.63) is 39.3 Å². The van der Waals surface area contributed by atoms with Gasteiger partial charge >= 0.3 is 5.97 Å². The molecule has 0 saturated heterocycles. The summed E-state index contributed by atoms with van der Waals surface area (Å²) in [5, 5.41) is 14.6. The second-order valence-corrected chi connectivity index (χ2v) is 12.7. The highest BCUT2D eigenvalue weighted by Crippen LogP contribution is 2.38. The summed E-state index contributed by atoms with van der Waals surface area (Å²) in [5.41, 5.74) is 5.35. The molecule has 0 aliphatic carbocycles. The van der Waals surface area contributed by atoms with Crippen LogP contribution < -0.4 is 10.2 Å². The third-order valence-electron chi connectivity index (χ3n) is 6.33. The summed E-state index contributed by atoms with van der Waals surface area (Å²) in [6, 6.07) is 0. The smallest absolute Gasteiger partial charge is 0.305 e. The van der Waals surface area contributed by atoms with Gasteiger partial charge in [-0.25, -0.2) is 17.6 Å². The maximum atomic E-state index is 14.0. The third kappa shape index (κ3) is 16.4. The monoisotopic (exact) mass is 671 g/mol. The minimum absolute atomic E-state index is 0.0320. The summed E-state index contributed by atoms with van der Waals surface area (Å²) in [6.45, 7) is -0.597. The van der Waals surface area contributed by atoms with E-state index in [1.165, 1.54) is 0 Å². The number of azide groups is 1. The molecule has 1 aromatic carbocycles. The molecule has 0 bridgehead atoms. The highest BCUT2D eigenvalue weighted by Gasteiger charge is 2.28. The zero-order chi connectivity index (χ0) is 34.0. The van der Waals surface area contributed by atoms with Gasteiger partial charge in [-0.3, -0.25) is 14.2 Å². The number of hydrogen-bond donors (Lipinski definition) is 2. The zero-order valence-electron chi connectivity index (χ0n) is 25.7. The third-order valence-corrected chi connectivity index (χ3v) is 7.29. The summed E-state index contributed by atoms with van der Waals surface area (Å²) >= 11 is 0. The van der Waals surface area contributed by atoms with Gasteiger partial charge in [-0.1, -0.05) is 50.1 Å². The first-order chi connectivity index (χ1) is 21.1. The molecular weight excluding hydrogens is 629 g/mol. The number of carbonyl (C=O) groups is 2. The number of hydrogen-bond acceptors (Lipinski definition) is 9. The summed E-state index contributed by atoms with van der Waals surface area (Å²) in [5.74, 6) is -9.65. The lowest BCUT2D eigenvalue weighted by molar-refractivity contribution is -0.870. The van der Waals surface area contributed by atoms with Crippen molar-refractivity contribution in [3.63, 3.8) is 0 Å². The molecule has 0 aromatic heterocycles. The van der Waals surface area contributed by atoms with Crippen molar-refractivity contribution in [1.82, 2.24) is 5.32 Å². The molecular formula is C27H42F4N5O8P. The number of quaternary nitrogens is 1. The van der Waals surface area contributed by atoms with Crippen LogP contribution in [0.3, 0.4) is 0 Å². The van der Waals surface area contributed by atoms with E-state index in [0.717, 1.165) is 38.5 Å². The predicted molar refractivity (Wildman–Crippen MR) is 153 cm³/mol. The number of rotatable bonds is 23. The molecule has 1 rings (SSSR count). The van der Waals surface area contributed by atoms with Crippen molar-refractivity contribution < 1.29 is 60.0 Å². The van der Waals surface area contributed by atoms with E-state index < -0.39 is 73.5 Å². The van der Waals surface area contributed by atoms with E-state index in [1.807, 2.05) is 21.1 Å². The fraction of sp³-hybridized carbons (Fsp3) is 0.704. The van der Waals surface area contributed by atoms with Crippen LogP contribution in [-0.2, 0) is 23.1 Å². The number of nitrogens with one attached hydrogen (secondary N) is 1. The number of carbonyl (C=O) groups excluding carboxylic acids is 2. The molecule has 256 valence electrons. The summed E-state index contributed by atoms with van der Waals surface area (Å²) in [7, 11) is 1.04. The number of likely N-dealkylation sites (N-methyl/N-ethyl adjacent to an activating group) is 1. The van der Waals surface area contributed by atoms with E-state index in [2.05, 4.69) is 19.9 Å². The van der Waals surface area contributed by atoms with Gasteiger partial charge in [0.05, 0.1) is 27.7 Å². The summed E-state index contributed by atoms with van der Waals surface area (Å²) < 4.78 is 82.2. The Balaban J connectivity index is 2.09. The Hall–Kier alpha value is -2.78. The number of aliphatic hydroxyl groups excluding tert-OH is 1. The number of phosphoric ester groups is 1. The number of benzene rings is 1. The molecule has 2 atom stereocenters. The van der Waals surface area contributed by atoms with Crippen LogP contribution in [0.15, 0.2) is 5.11 Å². The molecule has 2 N–H and O–H groups in total. The molecule has 0 aliphatic rings. The lowest BCUT2D eigenvalue weighted by Gasteiger charge is -2.27. The van der Waals surface area contributed by atoms with Crippen molar-refractivity contribution in [1.29, 1.82) is 0 Å². The first-order valence-corrected chi connectivity index (χ1v) is 16.0. The van der Waals surface area contributed by atoms with Crippen molar-refractivity contribution in [3.8, 4) is 0 Å². The minimum atomic E-state index is -4.57. The molecule has 13 nitrogen and oxygen atoms in total. The van der Waals surface area contributed by atoms with E-state index in [4.69, 9.17) is 14.8 Å². The molecule has 0 spiro atoms. The van der Waals surface area contributed by atoms with E-state index in [-0.39, 0.29) is 19.6 Å². The normalized spacial score (nSPS) is 13.5. The molecule has 0 aliphatic heterocycles. The molecule has 0 saturated carbocycles. The van der Waals surface area contributed by atoms with Crippen LogP contribution in [0.1, 0.15) is 74.6 Å².